The second kappa shape index (κ2) is 5.56. The molecule has 20 heavy (non-hydrogen) atoms. The van der Waals surface area contributed by atoms with Crippen LogP contribution in [0, 0.1) is 13.8 Å². The number of carboxylic acid groups (broad SMARTS) is 1. The van der Waals surface area contributed by atoms with Gasteiger partial charge in [-0.3, -0.25) is 9.89 Å². The van der Waals surface area contributed by atoms with Gasteiger partial charge in [0.2, 0.25) is 5.91 Å². The highest BCUT2D eigenvalue weighted by Crippen LogP contribution is 2.11. The van der Waals surface area contributed by atoms with E-state index in [1.165, 1.54) is 11.6 Å². The lowest BCUT2D eigenvalue weighted by atomic mass is 10.0. The van der Waals surface area contributed by atoms with Crippen molar-refractivity contribution in [3.63, 3.8) is 0 Å². The number of hydrogen-bond acceptors (Lipinski definition) is 3. The van der Waals surface area contributed by atoms with Gasteiger partial charge in [-0.25, -0.2) is 4.79 Å². The van der Waals surface area contributed by atoms with Gasteiger partial charge in [0.05, 0.1) is 6.42 Å². The molecule has 2 aromatic rings. The lowest BCUT2D eigenvalue weighted by Crippen LogP contribution is -2.14. The highest BCUT2D eigenvalue weighted by molar-refractivity contribution is 5.93. The number of amides is 1. The molecular formula is C14H15N3O3. The third-order valence-corrected chi connectivity index (χ3v) is 3.01. The Morgan fingerprint density at radius 3 is 2.60 bits per heavy atom. The Morgan fingerprint density at radius 1 is 1.25 bits per heavy atom. The van der Waals surface area contributed by atoms with Gasteiger partial charge >= 0.3 is 5.97 Å². The summed E-state index contributed by atoms with van der Waals surface area (Å²) in [7, 11) is 0. The van der Waals surface area contributed by atoms with Crippen molar-refractivity contribution in [2.24, 2.45) is 0 Å². The molecule has 0 spiro atoms. The van der Waals surface area contributed by atoms with E-state index >= 15 is 0 Å². The van der Waals surface area contributed by atoms with Gasteiger partial charge in [-0.15, -0.1) is 0 Å². The number of nitrogens with zero attached hydrogens (tertiary/aromatic N) is 1. The Balaban J connectivity index is 2.01. The molecule has 1 aromatic carbocycles. The molecule has 1 aromatic heterocycles. The Kier molecular flexibility index (Phi) is 3.84. The van der Waals surface area contributed by atoms with Gasteiger partial charge in [0.25, 0.3) is 0 Å². The number of anilines is 1. The van der Waals surface area contributed by atoms with Crippen LogP contribution in [0.15, 0.2) is 24.3 Å². The Morgan fingerprint density at radius 2 is 2.00 bits per heavy atom. The zero-order valence-corrected chi connectivity index (χ0v) is 11.2. The fourth-order valence-corrected chi connectivity index (χ4v) is 1.78. The van der Waals surface area contributed by atoms with Crippen molar-refractivity contribution in [2.75, 3.05) is 5.32 Å². The van der Waals surface area contributed by atoms with Gasteiger partial charge in [-0.1, -0.05) is 18.2 Å². The van der Waals surface area contributed by atoms with Gasteiger partial charge in [0, 0.05) is 6.07 Å². The average Bonchev–Trinajstić information content (AvgIpc) is 2.82. The topological polar surface area (TPSA) is 95.1 Å². The van der Waals surface area contributed by atoms with Crippen LogP contribution in [0.4, 0.5) is 5.82 Å². The molecule has 1 amide bonds. The third-order valence-electron chi connectivity index (χ3n) is 3.01. The third kappa shape index (κ3) is 3.23. The van der Waals surface area contributed by atoms with Crippen molar-refractivity contribution < 1.29 is 14.7 Å². The smallest absolute Gasteiger partial charge is 0.353 e. The van der Waals surface area contributed by atoms with E-state index in [1.54, 1.807) is 0 Å². The maximum absolute atomic E-state index is 11.8. The Hall–Kier alpha value is -2.63. The van der Waals surface area contributed by atoms with E-state index in [9.17, 15) is 9.59 Å². The number of carbonyl (C=O) groups is 2. The molecule has 0 bridgehead atoms. The summed E-state index contributed by atoms with van der Waals surface area (Å²) in [4.78, 5) is 22.5. The monoisotopic (exact) mass is 273 g/mol. The van der Waals surface area contributed by atoms with Crippen LogP contribution in [0.3, 0.4) is 0 Å². The average molecular weight is 273 g/mol. The molecule has 0 atom stereocenters. The molecule has 6 heteroatoms. The fraction of sp³-hybridized carbons (Fsp3) is 0.214. The van der Waals surface area contributed by atoms with Gasteiger partial charge in [-0.05, 0) is 30.5 Å². The van der Waals surface area contributed by atoms with Crippen LogP contribution in [0.1, 0.15) is 27.2 Å². The molecule has 104 valence electrons. The zero-order chi connectivity index (χ0) is 14.7. The second-order valence-electron chi connectivity index (χ2n) is 4.62. The maximum Gasteiger partial charge on any atom is 0.353 e. The maximum atomic E-state index is 11.8. The number of aryl methyl sites for hydroxylation is 2. The van der Waals surface area contributed by atoms with Crippen LogP contribution in [-0.4, -0.2) is 27.2 Å². The fourth-order valence-electron chi connectivity index (χ4n) is 1.78. The number of carboxylic acids is 1. The highest BCUT2D eigenvalue weighted by Gasteiger charge is 2.10. The van der Waals surface area contributed by atoms with Crippen LogP contribution >= 0.6 is 0 Å². The van der Waals surface area contributed by atoms with E-state index in [2.05, 4.69) is 15.5 Å². The van der Waals surface area contributed by atoms with Crippen molar-refractivity contribution in [3.8, 4) is 0 Å². The summed E-state index contributed by atoms with van der Waals surface area (Å²) < 4.78 is 0. The summed E-state index contributed by atoms with van der Waals surface area (Å²) in [6.45, 7) is 4.00. The number of H-pyrrole nitrogens is 1. The molecule has 0 aliphatic heterocycles. The van der Waals surface area contributed by atoms with E-state index in [1.807, 2.05) is 32.0 Å². The summed E-state index contributed by atoms with van der Waals surface area (Å²) in [5.74, 6) is -1.15. The molecule has 1 heterocycles. The summed E-state index contributed by atoms with van der Waals surface area (Å²) in [6.07, 6.45) is 0.219. The predicted molar refractivity (Wildman–Crippen MR) is 73.8 cm³/mol. The number of benzene rings is 1. The molecule has 0 unspecified atom stereocenters. The van der Waals surface area contributed by atoms with Crippen molar-refractivity contribution >= 4 is 17.7 Å². The zero-order valence-electron chi connectivity index (χ0n) is 11.2. The van der Waals surface area contributed by atoms with E-state index < -0.39 is 5.97 Å². The molecule has 3 N–H and O–H groups in total. The second-order valence-corrected chi connectivity index (χ2v) is 4.62. The number of aromatic amines is 1. The Bertz CT molecular complexity index is 661. The number of nitrogens with one attached hydrogen (secondary N) is 2. The van der Waals surface area contributed by atoms with Crippen molar-refractivity contribution in [1.29, 1.82) is 0 Å². The SMILES string of the molecule is Cc1ccc(CC(=O)Nc2cc(C(=O)O)[nH]n2)cc1C. The Labute approximate surface area is 115 Å². The van der Waals surface area contributed by atoms with Crippen LogP contribution in [0.5, 0.6) is 0 Å². The normalized spacial score (nSPS) is 10.3. The van der Waals surface area contributed by atoms with Crippen molar-refractivity contribution in [1.82, 2.24) is 10.2 Å². The summed E-state index contributed by atoms with van der Waals surface area (Å²) in [5, 5.41) is 17.3. The van der Waals surface area contributed by atoms with E-state index in [0.717, 1.165) is 11.1 Å². The molecular weight excluding hydrogens is 258 g/mol. The van der Waals surface area contributed by atoms with Crippen LogP contribution < -0.4 is 5.32 Å². The van der Waals surface area contributed by atoms with E-state index in [0.29, 0.717) is 0 Å². The minimum atomic E-state index is -1.12. The first-order chi connectivity index (χ1) is 9.45. The van der Waals surface area contributed by atoms with Gasteiger partial charge < -0.3 is 10.4 Å². The van der Waals surface area contributed by atoms with Crippen LogP contribution in [0.2, 0.25) is 0 Å². The molecule has 0 aliphatic carbocycles. The summed E-state index contributed by atoms with van der Waals surface area (Å²) >= 11 is 0. The van der Waals surface area contributed by atoms with Crippen molar-refractivity contribution in [3.05, 3.63) is 46.6 Å². The molecule has 0 radical (unpaired) electrons. The number of rotatable bonds is 4. The quantitative estimate of drug-likeness (QED) is 0.793. The largest absolute Gasteiger partial charge is 0.477 e. The molecule has 0 saturated heterocycles. The number of hydrogen-bond donors (Lipinski definition) is 3. The van der Waals surface area contributed by atoms with Gasteiger partial charge in [-0.2, -0.15) is 5.10 Å². The molecule has 0 fully saturated rings. The first-order valence-corrected chi connectivity index (χ1v) is 6.10. The standard InChI is InChI=1S/C14H15N3O3/c1-8-3-4-10(5-9(8)2)6-13(18)15-12-7-11(14(19)20)16-17-12/h3-5,7H,6H2,1-2H3,(H,19,20)(H2,15,16,17,18). The summed E-state index contributed by atoms with van der Waals surface area (Å²) in [6, 6.07) is 7.10. The number of aromatic carboxylic acids is 1. The highest BCUT2D eigenvalue weighted by atomic mass is 16.4. The predicted octanol–water partition coefficient (Wildman–Crippen LogP) is 1.91. The lowest BCUT2D eigenvalue weighted by Gasteiger charge is -2.05. The summed E-state index contributed by atoms with van der Waals surface area (Å²) in [5.41, 5.74) is 3.14. The lowest BCUT2D eigenvalue weighted by molar-refractivity contribution is -0.115. The molecule has 6 nitrogen and oxygen atoms in total. The van der Waals surface area contributed by atoms with Gasteiger partial charge in [0.1, 0.15) is 5.69 Å². The molecule has 0 saturated carbocycles. The minimum absolute atomic E-state index is 0.0634. The van der Waals surface area contributed by atoms with Crippen LogP contribution in [-0.2, 0) is 11.2 Å². The van der Waals surface area contributed by atoms with E-state index in [4.69, 9.17) is 5.11 Å². The first-order valence-electron chi connectivity index (χ1n) is 6.10. The first kappa shape index (κ1) is 13.8. The van der Waals surface area contributed by atoms with E-state index in [-0.39, 0.29) is 23.8 Å². The molecule has 2 rings (SSSR count). The number of aromatic nitrogens is 2. The number of carbonyl (C=O) groups excluding carboxylic acids is 1. The molecule has 0 aliphatic rings. The van der Waals surface area contributed by atoms with Gasteiger partial charge in [0.15, 0.2) is 5.82 Å². The van der Waals surface area contributed by atoms with Crippen LogP contribution in [0.25, 0.3) is 0 Å². The minimum Gasteiger partial charge on any atom is -0.477 e. The van der Waals surface area contributed by atoms with Crippen molar-refractivity contribution in [2.45, 2.75) is 20.3 Å².